The first-order valence-corrected chi connectivity index (χ1v) is 8.23. The summed E-state index contributed by atoms with van der Waals surface area (Å²) in [6.07, 6.45) is 1.37. The first kappa shape index (κ1) is 17.3. The molecule has 0 unspecified atom stereocenters. The molecule has 1 amide bonds. The molecule has 7 heteroatoms. The zero-order chi connectivity index (χ0) is 16.8. The Morgan fingerprint density at radius 2 is 2.09 bits per heavy atom. The minimum Gasteiger partial charge on any atom is -0.494 e. The lowest BCUT2D eigenvalue weighted by atomic mass is 10.2. The second-order valence-electron chi connectivity index (χ2n) is 4.35. The molecule has 0 atom stereocenters. The fourth-order valence-corrected chi connectivity index (χ4v) is 2.33. The van der Waals surface area contributed by atoms with Gasteiger partial charge in [0.2, 0.25) is 0 Å². The predicted octanol–water partition coefficient (Wildman–Crippen LogP) is 4.75. The molecule has 0 fully saturated rings. The van der Waals surface area contributed by atoms with Crippen LogP contribution in [-0.4, -0.2) is 12.5 Å². The smallest absolute Gasteiger partial charge is 0.266 e. The number of furan rings is 1. The van der Waals surface area contributed by atoms with Crippen molar-refractivity contribution in [2.75, 3.05) is 11.9 Å². The van der Waals surface area contributed by atoms with Gasteiger partial charge in [0.15, 0.2) is 4.67 Å². The molecule has 23 heavy (non-hydrogen) atoms. The average Bonchev–Trinajstić information content (AvgIpc) is 2.85. The van der Waals surface area contributed by atoms with Crippen LogP contribution < -0.4 is 10.1 Å². The summed E-state index contributed by atoms with van der Waals surface area (Å²) in [6, 6.07) is 10.4. The maximum atomic E-state index is 12.2. The molecule has 1 aromatic carbocycles. The van der Waals surface area contributed by atoms with Crippen molar-refractivity contribution in [2.45, 2.75) is 6.92 Å². The van der Waals surface area contributed by atoms with Gasteiger partial charge in [0.25, 0.3) is 5.91 Å². The number of rotatable bonds is 5. The van der Waals surface area contributed by atoms with Gasteiger partial charge in [0.1, 0.15) is 23.2 Å². The molecule has 0 aliphatic carbocycles. The summed E-state index contributed by atoms with van der Waals surface area (Å²) in [7, 11) is 0. The van der Waals surface area contributed by atoms with E-state index in [0.29, 0.717) is 32.9 Å². The highest BCUT2D eigenvalue weighted by Crippen LogP contribution is 2.28. The number of amides is 1. The van der Waals surface area contributed by atoms with Gasteiger partial charge in [-0.25, -0.2) is 0 Å². The number of benzene rings is 1. The number of nitriles is 1. The van der Waals surface area contributed by atoms with Gasteiger partial charge >= 0.3 is 0 Å². The van der Waals surface area contributed by atoms with Crippen molar-refractivity contribution in [3.8, 4) is 11.8 Å². The molecule has 118 valence electrons. The van der Waals surface area contributed by atoms with Gasteiger partial charge in [-0.15, -0.1) is 0 Å². The number of ether oxygens (including phenoxy) is 1. The first-order valence-electron chi connectivity index (χ1n) is 6.64. The van der Waals surface area contributed by atoms with E-state index < -0.39 is 5.91 Å². The lowest BCUT2D eigenvalue weighted by Gasteiger charge is -2.06. The van der Waals surface area contributed by atoms with Crippen LogP contribution in [-0.2, 0) is 4.79 Å². The molecule has 0 aliphatic heterocycles. The summed E-state index contributed by atoms with van der Waals surface area (Å²) in [5.41, 5.74) is 0.508. The number of nitrogens with one attached hydrogen (secondary N) is 1. The topological polar surface area (TPSA) is 75.3 Å². The van der Waals surface area contributed by atoms with Crippen LogP contribution in [0, 0.1) is 11.3 Å². The summed E-state index contributed by atoms with van der Waals surface area (Å²) in [5.74, 6) is 0.592. The zero-order valence-corrected chi connectivity index (χ0v) is 15.3. The molecule has 0 saturated heterocycles. The summed E-state index contributed by atoms with van der Waals surface area (Å²) in [6.45, 7) is 2.46. The number of anilines is 1. The second-order valence-corrected chi connectivity index (χ2v) is 5.93. The zero-order valence-electron chi connectivity index (χ0n) is 12.1. The number of carbonyl (C=O) groups is 1. The normalized spacial score (nSPS) is 11.0. The summed E-state index contributed by atoms with van der Waals surface area (Å²) in [5, 5.41) is 11.8. The van der Waals surface area contributed by atoms with Gasteiger partial charge in [0, 0.05) is 11.8 Å². The van der Waals surface area contributed by atoms with E-state index in [1.165, 1.54) is 6.08 Å². The Balaban J connectivity index is 2.12. The molecule has 0 radical (unpaired) electrons. The Kier molecular flexibility index (Phi) is 6.02. The van der Waals surface area contributed by atoms with Crippen molar-refractivity contribution < 1.29 is 13.9 Å². The fourth-order valence-electron chi connectivity index (χ4n) is 1.72. The van der Waals surface area contributed by atoms with Crippen LogP contribution in [0.1, 0.15) is 12.7 Å². The third kappa shape index (κ3) is 4.71. The second kappa shape index (κ2) is 7.99. The Morgan fingerprint density at radius 3 is 2.61 bits per heavy atom. The van der Waals surface area contributed by atoms with E-state index in [1.807, 2.05) is 13.0 Å². The van der Waals surface area contributed by atoms with E-state index in [9.17, 15) is 4.79 Å². The number of hydrogen-bond donors (Lipinski definition) is 1. The van der Waals surface area contributed by atoms with Crippen LogP contribution >= 0.6 is 31.9 Å². The van der Waals surface area contributed by atoms with E-state index in [0.717, 1.165) is 0 Å². The molecule has 0 saturated carbocycles. The first-order chi connectivity index (χ1) is 11.0. The molecular weight excluding hydrogens is 428 g/mol. The van der Waals surface area contributed by atoms with Gasteiger partial charge in [0.05, 0.1) is 11.1 Å². The van der Waals surface area contributed by atoms with Crippen molar-refractivity contribution in [3.63, 3.8) is 0 Å². The summed E-state index contributed by atoms with van der Waals surface area (Å²) < 4.78 is 11.9. The van der Waals surface area contributed by atoms with E-state index in [-0.39, 0.29) is 5.57 Å². The Labute approximate surface area is 150 Å². The molecule has 2 aromatic rings. The number of halogens is 2. The van der Waals surface area contributed by atoms with Gasteiger partial charge in [-0.05, 0) is 69.1 Å². The highest BCUT2D eigenvalue weighted by molar-refractivity contribution is 9.13. The van der Waals surface area contributed by atoms with E-state index in [4.69, 9.17) is 14.4 Å². The third-order valence-corrected chi connectivity index (χ3v) is 4.45. The monoisotopic (exact) mass is 438 g/mol. The Bertz CT molecular complexity index is 754. The van der Waals surface area contributed by atoms with Crippen LogP contribution in [0.5, 0.6) is 5.75 Å². The van der Waals surface area contributed by atoms with Crippen molar-refractivity contribution in [1.29, 1.82) is 5.26 Å². The van der Waals surface area contributed by atoms with Crippen molar-refractivity contribution in [2.24, 2.45) is 0 Å². The molecule has 2 rings (SSSR count). The lowest BCUT2D eigenvalue weighted by Crippen LogP contribution is -2.13. The fraction of sp³-hybridized carbons (Fsp3) is 0.125. The summed E-state index contributed by atoms with van der Waals surface area (Å²) in [4.78, 5) is 12.2. The van der Waals surface area contributed by atoms with Gasteiger partial charge in [-0.2, -0.15) is 5.26 Å². The lowest BCUT2D eigenvalue weighted by molar-refractivity contribution is -0.112. The third-order valence-electron chi connectivity index (χ3n) is 2.74. The molecule has 1 heterocycles. The quantitative estimate of drug-likeness (QED) is 0.538. The molecular formula is C16H12Br2N2O3. The maximum Gasteiger partial charge on any atom is 0.266 e. The van der Waals surface area contributed by atoms with Crippen LogP contribution in [0.3, 0.4) is 0 Å². The van der Waals surface area contributed by atoms with Crippen molar-refractivity contribution in [1.82, 2.24) is 0 Å². The number of carbonyl (C=O) groups excluding carboxylic acids is 1. The standard InChI is InChI=1S/C16H12Br2N2O3/c1-2-22-12-5-3-11(4-6-12)20-16(21)10(9-19)7-13-8-14(17)15(18)23-13/h3-8H,2H2,1H3,(H,20,21). The average molecular weight is 440 g/mol. The molecule has 0 bridgehead atoms. The molecule has 0 aliphatic rings. The van der Waals surface area contributed by atoms with Crippen molar-refractivity contribution in [3.05, 3.63) is 50.8 Å². The molecule has 1 aromatic heterocycles. The minimum absolute atomic E-state index is 0.0624. The van der Waals surface area contributed by atoms with E-state index >= 15 is 0 Å². The molecule has 1 N–H and O–H groups in total. The Hall–Kier alpha value is -2.04. The van der Waals surface area contributed by atoms with E-state index in [2.05, 4.69) is 37.2 Å². The summed E-state index contributed by atoms with van der Waals surface area (Å²) >= 11 is 6.47. The van der Waals surface area contributed by atoms with Gasteiger partial charge in [-0.1, -0.05) is 0 Å². The van der Waals surface area contributed by atoms with Crippen LogP contribution in [0.25, 0.3) is 6.08 Å². The number of nitrogens with zero attached hydrogens (tertiary/aromatic N) is 1. The minimum atomic E-state index is -0.514. The maximum absolute atomic E-state index is 12.2. The highest BCUT2D eigenvalue weighted by Gasteiger charge is 2.12. The van der Waals surface area contributed by atoms with Gasteiger partial charge in [-0.3, -0.25) is 4.79 Å². The van der Waals surface area contributed by atoms with Crippen molar-refractivity contribution >= 4 is 49.5 Å². The Morgan fingerprint density at radius 1 is 1.39 bits per heavy atom. The molecule has 5 nitrogen and oxygen atoms in total. The molecule has 0 spiro atoms. The van der Waals surface area contributed by atoms with Gasteiger partial charge < -0.3 is 14.5 Å². The van der Waals surface area contributed by atoms with Crippen LogP contribution in [0.2, 0.25) is 0 Å². The predicted molar refractivity (Wildman–Crippen MR) is 93.9 cm³/mol. The SMILES string of the molecule is CCOc1ccc(NC(=O)C(C#N)=Cc2cc(Br)c(Br)o2)cc1. The number of hydrogen-bond acceptors (Lipinski definition) is 4. The van der Waals surface area contributed by atoms with Crippen LogP contribution in [0.4, 0.5) is 5.69 Å². The largest absolute Gasteiger partial charge is 0.494 e. The van der Waals surface area contributed by atoms with E-state index in [1.54, 1.807) is 30.3 Å². The van der Waals surface area contributed by atoms with Crippen LogP contribution in [0.15, 0.2) is 49.5 Å². The highest BCUT2D eigenvalue weighted by atomic mass is 79.9.